The Morgan fingerprint density at radius 3 is 2.42 bits per heavy atom. The van der Waals surface area contributed by atoms with Gasteiger partial charge in [-0.15, -0.1) is 11.3 Å². The van der Waals surface area contributed by atoms with Crippen LogP contribution in [0.25, 0.3) is 0 Å². The van der Waals surface area contributed by atoms with Gasteiger partial charge in [0.15, 0.2) is 12.8 Å². The number of carbonyl (C=O) groups excluding carboxylic acids is 7. The van der Waals surface area contributed by atoms with Gasteiger partial charge in [0.2, 0.25) is 17.7 Å². The molecule has 400 valence electrons. The van der Waals surface area contributed by atoms with Gasteiger partial charge >= 0.3 is 24.0 Å². The predicted molar refractivity (Wildman–Crippen MR) is 273 cm³/mol. The molecule has 2 unspecified atom stereocenters. The van der Waals surface area contributed by atoms with E-state index in [-0.39, 0.29) is 60.1 Å². The molecule has 5 amide bonds. The molecule has 2 aliphatic rings. The summed E-state index contributed by atoms with van der Waals surface area (Å²) in [5.41, 5.74) is 5.78. The summed E-state index contributed by atoms with van der Waals surface area (Å²) in [6.07, 6.45) is 2.13. The maximum absolute atomic E-state index is 14.9. The lowest BCUT2D eigenvalue weighted by atomic mass is 9.79. The van der Waals surface area contributed by atoms with E-state index < -0.39 is 90.7 Å². The van der Waals surface area contributed by atoms with Gasteiger partial charge in [0.1, 0.15) is 35.1 Å². The molecule has 21 nitrogen and oxygen atoms in total. The average Bonchev–Trinajstić information content (AvgIpc) is 3.84. The quantitative estimate of drug-likeness (QED) is 0.0169. The molecule has 72 heavy (non-hydrogen) atoms. The number of esters is 2. The summed E-state index contributed by atoms with van der Waals surface area (Å²) in [6, 6.07) is 1.18. The first-order valence-electron chi connectivity index (χ1n) is 24.4. The number of benzene rings is 1. The van der Waals surface area contributed by atoms with E-state index in [4.69, 9.17) is 19.3 Å². The fourth-order valence-corrected chi connectivity index (χ4v) is 11.4. The number of nitrogens with zero attached hydrogens (tertiary/aromatic N) is 3. The Bertz CT molecular complexity index is 2180. The van der Waals surface area contributed by atoms with E-state index in [1.807, 2.05) is 46.6 Å². The minimum atomic E-state index is -1.05. The number of phenols is 1. The van der Waals surface area contributed by atoms with Gasteiger partial charge in [0.25, 0.3) is 5.91 Å². The van der Waals surface area contributed by atoms with Crippen molar-refractivity contribution in [2.75, 3.05) is 45.5 Å². The minimum absolute atomic E-state index is 0.00381. The molecule has 4 rings (SSSR count). The molecule has 7 N–H and O–H groups in total. The zero-order chi connectivity index (χ0) is 53.1. The van der Waals surface area contributed by atoms with Gasteiger partial charge in [0, 0.05) is 48.7 Å². The number of amides is 5. The van der Waals surface area contributed by atoms with E-state index in [0.717, 1.165) is 30.7 Å². The second-order valence-electron chi connectivity index (χ2n) is 18.4. The van der Waals surface area contributed by atoms with Crippen LogP contribution in [0.4, 0.5) is 4.79 Å². The van der Waals surface area contributed by atoms with Crippen LogP contribution in [0, 0.1) is 11.8 Å². The molecular formula is C48H72N8O13S3. The van der Waals surface area contributed by atoms with Crippen LogP contribution in [-0.2, 0) is 49.4 Å². The molecule has 1 aromatic carbocycles. The van der Waals surface area contributed by atoms with Crippen LogP contribution in [0.1, 0.15) is 132 Å². The minimum Gasteiger partial charge on any atom is -0.508 e. The fourth-order valence-electron chi connectivity index (χ4n) is 8.50. The highest BCUT2D eigenvalue weighted by atomic mass is 33.1. The predicted octanol–water partition coefficient (Wildman–Crippen LogP) is 4.65. The second kappa shape index (κ2) is 29.5. The zero-order valence-corrected chi connectivity index (χ0v) is 44.8. The van der Waals surface area contributed by atoms with Crippen LogP contribution in [0.5, 0.6) is 5.75 Å². The van der Waals surface area contributed by atoms with Crippen LogP contribution < -0.4 is 26.8 Å². The number of carbonyl (C=O) groups is 8. The number of aromatic nitrogens is 1. The number of likely N-dealkylation sites (N-methyl/N-ethyl adjacent to an activating group) is 2. The lowest BCUT2D eigenvalue weighted by Gasteiger charge is -2.39. The number of aromatic hydroxyl groups is 1. The molecule has 1 saturated heterocycles. The summed E-state index contributed by atoms with van der Waals surface area (Å²) >= 11 is 1.07. The Hall–Kier alpha value is -5.17. The molecule has 1 fully saturated rings. The molecule has 0 saturated carbocycles. The number of rotatable bonds is 26. The standard InChI is InChI=1S/C48H72N8O13S3/c1-9-13-40(59)68-26-56(46(63)41(28(5)10-2)52-44(62)37-14-11-12-17-55(37)8)38(27(3)4)23-39(69-29(6)57)45-51-35(24-70-45)43(61)50-31-20-30-15-16-32(58)22-33(30)34(21-31)42(60)53-54-48(66)67-18-19-71-72-25-36(49-7)47(64)65/h15-16,22,24,27-28,31,34,36-39,41,49,58H,9-14,17-21,23,25-26H2,1-8H3,(H,50,61)(H,52,62)(H,53,60)(H,54,66)(H,64,65)/t28?,31-,34+,36+,37?,38+,39+,41-/m0/s1. The Morgan fingerprint density at radius 1 is 1.01 bits per heavy atom. The van der Waals surface area contributed by atoms with Gasteiger partial charge in [-0.2, -0.15) is 0 Å². The summed E-state index contributed by atoms with van der Waals surface area (Å²) in [4.78, 5) is 113. The highest BCUT2D eigenvalue weighted by Crippen LogP contribution is 2.36. The number of nitrogens with one attached hydrogen (secondary N) is 5. The summed E-state index contributed by atoms with van der Waals surface area (Å²) in [5, 5.41) is 29.9. The van der Waals surface area contributed by atoms with Gasteiger partial charge in [-0.1, -0.05) is 75.1 Å². The van der Waals surface area contributed by atoms with Crippen molar-refractivity contribution in [2.24, 2.45) is 11.8 Å². The summed E-state index contributed by atoms with van der Waals surface area (Å²) in [7, 11) is 6.07. The van der Waals surface area contributed by atoms with E-state index in [1.54, 1.807) is 13.1 Å². The van der Waals surface area contributed by atoms with Gasteiger partial charge in [0.05, 0.1) is 12.0 Å². The number of phenolic OH excluding ortho intramolecular Hbond substituents is 1. The highest BCUT2D eigenvalue weighted by Gasteiger charge is 2.40. The summed E-state index contributed by atoms with van der Waals surface area (Å²) in [6.45, 7) is 11.0. The third kappa shape index (κ3) is 17.8. The summed E-state index contributed by atoms with van der Waals surface area (Å²) in [5.74, 6) is -4.96. The largest absolute Gasteiger partial charge is 0.508 e. The molecule has 2 heterocycles. The number of fused-ring (bicyclic) bond motifs is 1. The number of piperidine rings is 1. The molecule has 8 atom stereocenters. The first-order valence-corrected chi connectivity index (χ1v) is 27.7. The lowest BCUT2D eigenvalue weighted by Crippen LogP contribution is -2.59. The van der Waals surface area contributed by atoms with E-state index in [9.17, 15) is 43.5 Å². The lowest BCUT2D eigenvalue weighted by molar-refractivity contribution is -0.160. The van der Waals surface area contributed by atoms with Gasteiger partial charge < -0.3 is 45.3 Å². The number of thiazole rings is 1. The maximum atomic E-state index is 14.9. The number of aliphatic carboxylic acids is 1. The van der Waals surface area contributed by atoms with Crippen molar-refractivity contribution in [1.29, 1.82) is 0 Å². The van der Waals surface area contributed by atoms with Crippen LogP contribution in [0.2, 0.25) is 0 Å². The zero-order valence-electron chi connectivity index (χ0n) is 42.4. The third-order valence-corrected chi connectivity index (χ3v) is 16.0. The number of carboxylic acids is 1. The van der Waals surface area contributed by atoms with Crippen molar-refractivity contribution in [3.63, 3.8) is 0 Å². The van der Waals surface area contributed by atoms with Crippen molar-refractivity contribution in [3.05, 3.63) is 45.4 Å². The van der Waals surface area contributed by atoms with Crippen molar-refractivity contribution in [1.82, 2.24) is 41.6 Å². The smallest absolute Gasteiger partial charge is 0.426 e. The number of carboxylic acid groups (broad SMARTS) is 1. The van der Waals surface area contributed by atoms with Crippen molar-refractivity contribution < 1.29 is 62.8 Å². The Labute approximate surface area is 433 Å². The summed E-state index contributed by atoms with van der Waals surface area (Å²) < 4.78 is 16.7. The number of hydrogen-bond acceptors (Lipinski definition) is 18. The van der Waals surface area contributed by atoms with Crippen LogP contribution in [-0.4, -0.2) is 148 Å². The van der Waals surface area contributed by atoms with E-state index in [1.165, 1.54) is 50.9 Å². The molecular weight excluding hydrogens is 993 g/mol. The average molecular weight is 1070 g/mol. The van der Waals surface area contributed by atoms with Crippen LogP contribution in [0.15, 0.2) is 23.6 Å². The molecule has 2 aromatic rings. The monoisotopic (exact) mass is 1060 g/mol. The molecule has 24 heteroatoms. The third-order valence-electron chi connectivity index (χ3n) is 12.7. The Morgan fingerprint density at radius 2 is 1.76 bits per heavy atom. The van der Waals surface area contributed by atoms with E-state index >= 15 is 0 Å². The topological polar surface area (TPSA) is 284 Å². The first-order chi connectivity index (χ1) is 34.3. The second-order valence-corrected chi connectivity index (χ2v) is 21.9. The SMILES string of the molecule is CCCC(=O)OCN(C(=O)[C@@H](NC(=O)C1CCCCN1C)C(C)CC)[C@H](C[C@@H](OC(C)=O)c1nc(C(=O)N[C@H]2Cc3ccc(O)cc3[C@H](C(=O)NNC(=O)OCCSSC[C@@H](NC)C(=O)O)C2)cs1)C(C)C. The van der Waals surface area contributed by atoms with Gasteiger partial charge in [-0.3, -0.25) is 43.9 Å². The van der Waals surface area contributed by atoms with Gasteiger partial charge in [-0.05, 0) is 87.8 Å². The van der Waals surface area contributed by atoms with Gasteiger partial charge in [-0.25, -0.2) is 15.2 Å². The Kier molecular flexibility index (Phi) is 24.3. The normalized spacial score (nSPS) is 18.8. The maximum Gasteiger partial charge on any atom is 0.426 e. The Balaban J connectivity index is 1.49. The molecule has 0 spiro atoms. The van der Waals surface area contributed by atoms with E-state index in [2.05, 4.69) is 31.8 Å². The van der Waals surface area contributed by atoms with Crippen molar-refractivity contribution in [3.8, 4) is 5.75 Å². The number of ether oxygens (including phenoxy) is 3. The first kappa shape index (κ1) is 59.4. The number of likely N-dealkylation sites (tertiary alicyclic amines) is 1. The van der Waals surface area contributed by atoms with Crippen LogP contribution in [0.3, 0.4) is 0 Å². The van der Waals surface area contributed by atoms with Crippen molar-refractivity contribution >= 4 is 80.6 Å². The van der Waals surface area contributed by atoms with Crippen molar-refractivity contribution in [2.45, 2.75) is 142 Å². The molecule has 1 aromatic heterocycles. The van der Waals surface area contributed by atoms with E-state index in [0.29, 0.717) is 48.3 Å². The van der Waals surface area contributed by atoms with Crippen LogP contribution >= 0.6 is 32.9 Å². The highest BCUT2D eigenvalue weighted by molar-refractivity contribution is 8.76. The number of hydrogen-bond donors (Lipinski definition) is 7. The number of hydrazine groups is 1. The molecule has 0 radical (unpaired) electrons. The molecule has 1 aliphatic carbocycles. The molecule has 1 aliphatic heterocycles. The fraction of sp³-hybridized carbons (Fsp3) is 0.646. The molecule has 0 bridgehead atoms.